The fraction of sp³-hybridized carbons (Fsp3) is 0.417. The number of carboxylic acid groups (broad SMARTS) is 1. The highest BCUT2D eigenvalue weighted by Crippen LogP contribution is 2.28. The Kier molecular flexibility index (Phi) is 2.83. The summed E-state index contributed by atoms with van der Waals surface area (Å²) in [6.45, 7) is 2.51. The molecule has 1 aliphatic heterocycles. The molecule has 4 nitrogen and oxygen atoms in total. The van der Waals surface area contributed by atoms with Crippen LogP contribution in [-0.4, -0.2) is 29.4 Å². The Morgan fingerprint density at radius 2 is 2.19 bits per heavy atom. The Bertz CT molecular complexity index is 375. The number of hydrogen-bond donors (Lipinski definition) is 2. The van der Waals surface area contributed by atoms with Crippen LogP contribution in [0.3, 0.4) is 0 Å². The second-order valence-corrected chi connectivity index (χ2v) is 4.33. The fourth-order valence-corrected chi connectivity index (χ4v) is 1.92. The van der Waals surface area contributed by atoms with Gasteiger partial charge in [0.05, 0.1) is 12.1 Å². The van der Waals surface area contributed by atoms with Gasteiger partial charge in [0.25, 0.3) is 0 Å². The topological polar surface area (TPSA) is 61.9 Å². The fourth-order valence-electron chi connectivity index (χ4n) is 1.92. The van der Waals surface area contributed by atoms with Crippen molar-refractivity contribution in [3.05, 3.63) is 35.9 Å². The van der Waals surface area contributed by atoms with Gasteiger partial charge < -0.3 is 15.2 Å². The molecule has 0 saturated carbocycles. The molecular weight excluding hydrogens is 206 g/mol. The summed E-state index contributed by atoms with van der Waals surface area (Å²) >= 11 is 0. The lowest BCUT2D eigenvalue weighted by Crippen LogP contribution is -2.51. The third kappa shape index (κ3) is 2.52. The van der Waals surface area contributed by atoms with Crippen LogP contribution < -0.4 is 5.32 Å². The van der Waals surface area contributed by atoms with E-state index < -0.39 is 11.6 Å². The maximum atomic E-state index is 10.8. The lowest BCUT2D eigenvalue weighted by molar-refractivity contribution is 0.169. The molecule has 0 bridgehead atoms. The number of carbonyl (C=O) groups is 1. The van der Waals surface area contributed by atoms with Crippen molar-refractivity contribution >= 4 is 6.09 Å². The van der Waals surface area contributed by atoms with E-state index in [-0.39, 0.29) is 6.10 Å². The third-order valence-corrected chi connectivity index (χ3v) is 2.85. The summed E-state index contributed by atoms with van der Waals surface area (Å²) in [6.07, 6.45) is -0.372. The minimum absolute atomic E-state index is 0.0104. The quantitative estimate of drug-likeness (QED) is 0.760. The molecule has 1 saturated heterocycles. The summed E-state index contributed by atoms with van der Waals surface area (Å²) < 4.78 is 5.22. The second kappa shape index (κ2) is 4.14. The summed E-state index contributed by atoms with van der Waals surface area (Å²) in [5, 5.41) is 11.4. The van der Waals surface area contributed by atoms with E-state index in [1.54, 1.807) is 0 Å². The average molecular weight is 221 g/mol. The molecular formula is C12H15NO3. The first-order valence-corrected chi connectivity index (χ1v) is 5.27. The van der Waals surface area contributed by atoms with Crippen LogP contribution in [0.25, 0.3) is 0 Å². The Morgan fingerprint density at radius 1 is 1.56 bits per heavy atom. The van der Waals surface area contributed by atoms with Gasteiger partial charge in [0.15, 0.2) is 0 Å². The molecule has 0 spiro atoms. The van der Waals surface area contributed by atoms with Crippen molar-refractivity contribution in [2.75, 3.05) is 6.61 Å². The van der Waals surface area contributed by atoms with Gasteiger partial charge in [-0.1, -0.05) is 30.3 Å². The van der Waals surface area contributed by atoms with Gasteiger partial charge in [0.2, 0.25) is 0 Å². The van der Waals surface area contributed by atoms with Gasteiger partial charge in [-0.15, -0.1) is 0 Å². The van der Waals surface area contributed by atoms with Crippen LogP contribution in [0.1, 0.15) is 12.5 Å². The minimum Gasteiger partial charge on any atom is -0.465 e. The summed E-state index contributed by atoms with van der Waals surface area (Å²) in [5.41, 5.74) is 0.571. The zero-order valence-corrected chi connectivity index (χ0v) is 9.14. The van der Waals surface area contributed by atoms with Crippen molar-refractivity contribution in [1.29, 1.82) is 0 Å². The van der Waals surface area contributed by atoms with Crippen LogP contribution in [0.2, 0.25) is 0 Å². The van der Waals surface area contributed by atoms with Gasteiger partial charge in [-0.05, 0) is 18.9 Å². The van der Waals surface area contributed by atoms with Crippen LogP contribution in [0.4, 0.5) is 4.79 Å². The number of hydrogen-bond acceptors (Lipinski definition) is 2. The number of amides is 1. The van der Waals surface area contributed by atoms with Gasteiger partial charge >= 0.3 is 6.09 Å². The molecule has 2 atom stereocenters. The molecule has 2 unspecified atom stereocenters. The molecule has 0 aromatic heterocycles. The Hall–Kier alpha value is -1.55. The highest BCUT2D eigenvalue weighted by Gasteiger charge is 2.44. The minimum atomic E-state index is -1.01. The Morgan fingerprint density at radius 3 is 2.69 bits per heavy atom. The van der Waals surface area contributed by atoms with Crippen molar-refractivity contribution in [1.82, 2.24) is 5.32 Å². The van der Waals surface area contributed by atoms with Gasteiger partial charge in [0.1, 0.15) is 6.10 Å². The largest absolute Gasteiger partial charge is 0.465 e. The van der Waals surface area contributed by atoms with Gasteiger partial charge in [0, 0.05) is 0 Å². The lowest BCUT2D eigenvalue weighted by atomic mass is 9.90. The lowest BCUT2D eigenvalue weighted by Gasteiger charge is -2.27. The van der Waals surface area contributed by atoms with Crippen LogP contribution >= 0.6 is 0 Å². The van der Waals surface area contributed by atoms with Gasteiger partial charge in [-0.25, -0.2) is 4.79 Å². The Balaban J connectivity index is 2.11. The van der Waals surface area contributed by atoms with Crippen LogP contribution in [0.5, 0.6) is 0 Å². The monoisotopic (exact) mass is 221 g/mol. The number of ether oxygens (including phenoxy) is 1. The van der Waals surface area contributed by atoms with Gasteiger partial charge in [-0.3, -0.25) is 0 Å². The predicted molar refractivity (Wildman–Crippen MR) is 59.5 cm³/mol. The zero-order chi connectivity index (χ0) is 11.6. The Labute approximate surface area is 94.2 Å². The predicted octanol–water partition coefficient (Wildman–Crippen LogP) is 1.65. The smallest absolute Gasteiger partial charge is 0.405 e. The van der Waals surface area contributed by atoms with Crippen molar-refractivity contribution < 1.29 is 14.6 Å². The molecule has 1 aromatic rings. The zero-order valence-electron chi connectivity index (χ0n) is 9.14. The number of nitrogens with one attached hydrogen (secondary N) is 1. The van der Waals surface area contributed by atoms with E-state index >= 15 is 0 Å². The number of benzene rings is 1. The average Bonchev–Trinajstić information content (AvgIpc) is 3.00. The second-order valence-electron chi connectivity index (χ2n) is 4.33. The van der Waals surface area contributed by atoms with E-state index in [9.17, 15) is 4.79 Å². The first-order valence-electron chi connectivity index (χ1n) is 5.27. The van der Waals surface area contributed by atoms with Crippen molar-refractivity contribution in [2.45, 2.75) is 25.0 Å². The molecule has 2 N–H and O–H groups in total. The highest BCUT2D eigenvalue weighted by molar-refractivity contribution is 5.66. The van der Waals surface area contributed by atoms with Crippen molar-refractivity contribution in [2.24, 2.45) is 0 Å². The summed E-state index contributed by atoms with van der Waals surface area (Å²) in [4.78, 5) is 10.8. The van der Waals surface area contributed by atoms with Crippen molar-refractivity contribution in [3.8, 4) is 0 Å². The molecule has 86 valence electrons. The van der Waals surface area contributed by atoms with Crippen LogP contribution in [-0.2, 0) is 11.2 Å². The molecule has 1 fully saturated rings. The van der Waals surface area contributed by atoms with E-state index in [1.807, 2.05) is 37.3 Å². The summed E-state index contributed by atoms with van der Waals surface area (Å²) in [5.74, 6) is 0. The van der Waals surface area contributed by atoms with Gasteiger partial charge in [-0.2, -0.15) is 0 Å². The SMILES string of the molecule is CC(Cc1ccccc1)(NC(=O)O)C1CO1. The number of rotatable bonds is 4. The third-order valence-electron chi connectivity index (χ3n) is 2.85. The van der Waals surface area contributed by atoms with E-state index in [2.05, 4.69) is 5.32 Å². The molecule has 1 heterocycles. The standard InChI is InChI=1S/C12H15NO3/c1-12(10-8-16-10,13-11(14)15)7-9-5-3-2-4-6-9/h2-6,10,13H,7-8H2,1H3,(H,14,15). The summed E-state index contributed by atoms with van der Waals surface area (Å²) in [6, 6.07) is 9.82. The first-order chi connectivity index (χ1) is 7.60. The van der Waals surface area contributed by atoms with E-state index in [0.29, 0.717) is 13.0 Å². The normalized spacial score (nSPS) is 22.2. The highest BCUT2D eigenvalue weighted by atomic mass is 16.6. The maximum Gasteiger partial charge on any atom is 0.405 e. The summed E-state index contributed by atoms with van der Waals surface area (Å²) in [7, 11) is 0. The first kappa shape index (κ1) is 11.0. The molecule has 2 rings (SSSR count). The van der Waals surface area contributed by atoms with Crippen LogP contribution in [0.15, 0.2) is 30.3 Å². The molecule has 4 heteroatoms. The van der Waals surface area contributed by atoms with Crippen LogP contribution in [0, 0.1) is 0 Å². The molecule has 16 heavy (non-hydrogen) atoms. The van der Waals surface area contributed by atoms with E-state index in [4.69, 9.17) is 9.84 Å². The molecule has 1 aliphatic rings. The molecule has 0 aliphatic carbocycles. The molecule has 1 aromatic carbocycles. The number of epoxide rings is 1. The van der Waals surface area contributed by atoms with E-state index in [0.717, 1.165) is 5.56 Å². The molecule has 0 radical (unpaired) electrons. The molecule has 1 amide bonds. The van der Waals surface area contributed by atoms with E-state index in [1.165, 1.54) is 0 Å². The van der Waals surface area contributed by atoms with Crippen molar-refractivity contribution in [3.63, 3.8) is 0 Å². The maximum absolute atomic E-state index is 10.8.